The van der Waals surface area contributed by atoms with Crippen molar-refractivity contribution in [3.8, 4) is 0 Å². The van der Waals surface area contributed by atoms with E-state index in [1.54, 1.807) is 0 Å². The van der Waals surface area contributed by atoms with E-state index >= 15 is 0 Å². The normalized spacial score (nSPS) is 23.4. The van der Waals surface area contributed by atoms with Crippen LogP contribution in [0.4, 0.5) is 0 Å². The number of hydrogen-bond acceptors (Lipinski definition) is 2. The van der Waals surface area contributed by atoms with Gasteiger partial charge in [-0.1, -0.05) is 27.7 Å². The molecule has 2 unspecified atom stereocenters. The van der Waals surface area contributed by atoms with Gasteiger partial charge in [0.1, 0.15) is 0 Å². The molecule has 0 saturated carbocycles. The van der Waals surface area contributed by atoms with Crippen LogP contribution in [0, 0.1) is 11.3 Å². The fourth-order valence-corrected chi connectivity index (χ4v) is 2.78. The van der Waals surface area contributed by atoms with Gasteiger partial charge in [0.15, 0.2) is 5.96 Å². The Hall–Kier alpha value is -0.0400. The van der Waals surface area contributed by atoms with Gasteiger partial charge in [-0.05, 0) is 31.6 Å². The molecule has 4 nitrogen and oxygen atoms in total. The molecule has 2 atom stereocenters. The average molecular weight is 411 g/mol. The standard InChI is InChI=1S/C16H33N3O.HI/c1-6-10-18-15(17-7-2)19-12-13-9-8-11-20-14(13)16(3,4)5;/h13-14H,6-12H2,1-5H3,(H2,17,18,19);1H. The van der Waals surface area contributed by atoms with Crippen molar-refractivity contribution in [2.45, 2.75) is 60.0 Å². The van der Waals surface area contributed by atoms with Gasteiger partial charge in [0.2, 0.25) is 0 Å². The van der Waals surface area contributed by atoms with E-state index in [9.17, 15) is 0 Å². The maximum Gasteiger partial charge on any atom is 0.191 e. The molecule has 0 bridgehead atoms. The quantitative estimate of drug-likeness (QED) is 0.414. The second-order valence-electron chi connectivity index (χ2n) is 6.71. The molecular formula is C16H34IN3O. The van der Waals surface area contributed by atoms with E-state index in [0.717, 1.165) is 45.0 Å². The van der Waals surface area contributed by atoms with Crippen LogP contribution in [0.5, 0.6) is 0 Å². The van der Waals surface area contributed by atoms with Crippen molar-refractivity contribution in [1.82, 2.24) is 10.6 Å². The summed E-state index contributed by atoms with van der Waals surface area (Å²) in [6.45, 7) is 14.7. The van der Waals surface area contributed by atoms with Gasteiger partial charge in [-0.15, -0.1) is 24.0 Å². The molecule has 1 aliphatic heterocycles. The van der Waals surface area contributed by atoms with Crippen LogP contribution < -0.4 is 10.6 Å². The molecule has 1 fully saturated rings. The van der Waals surface area contributed by atoms with Crippen molar-refractivity contribution in [2.75, 3.05) is 26.2 Å². The molecule has 0 aliphatic carbocycles. The van der Waals surface area contributed by atoms with Crippen LogP contribution in [0.25, 0.3) is 0 Å². The first-order chi connectivity index (χ1) is 9.49. The molecule has 1 heterocycles. The second kappa shape index (κ2) is 10.6. The van der Waals surface area contributed by atoms with E-state index in [1.807, 2.05) is 0 Å². The molecule has 0 aromatic carbocycles. The lowest BCUT2D eigenvalue weighted by molar-refractivity contribution is -0.0823. The Morgan fingerprint density at radius 3 is 2.52 bits per heavy atom. The summed E-state index contributed by atoms with van der Waals surface area (Å²) in [5, 5.41) is 6.67. The third-order valence-electron chi connectivity index (χ3n) is 3.67. The summed E-state index contributed by atoms with van der Waals surface area (Å²) in [6.07, 6.45) is 3.81. The molecule has 126 valence electrons. The highest BCUT2D eigenvalue weighted by molar-refractivity contribution is 14.0. The molecule has 0 radical (unpaired) electrons. The van der Waals surface area contributed by atoms with E-state index in [-0.39, 0.29) is 29.4 Å². The van der Waals surface area contributed by atoms with Gasteiger partial charge in [-0.2, -0.15) is 0 Å². The molecule has 0 aromatic rings. The van der Waals surface area contributed by atoms with Crippen molar-refractivity contribution in [3.05, 3.63) is 0 Å². The summed E-state index contributed by atoms with van der Waals surface area (Å²) in [5.74, 6) is 1.47. The summed E-state index contributed by atoms with van der Waals surface area (Å²) in [5.41, 5.74) is 0.190. The molecule has 1 rings (SSSR count). The van der Waals surface area contributed by atoms with Gasteiger partial charge in [-0.3, -0.25) is 4.99 Å². The monoisotopic (exact) mass is 411 g/mol. The molecular weight excluding hydrogens is 377 g/mol. The minimum Gasteiger partial charge on any atom is -0.377 e. The fraction of sp³-hybridized carbons (Fsp3) is 0.938. The lowest BCUT2D eigenvalue weighted by Gasteiger charge is -2.39. The van der Waals surface area contributed by atoms with E-state index in [2.05, 4.69) is 45.3 Å². The van der Waals surface area contributed by atoms with Crippen LogP contribution in [-0.2, 0) is 4.74 Å². The fourth-order valence-electron chi connectivity index (χ4n) is 2.78. The number of nitrogens with one attached hydrogen (secondary N) is 2. The van der Waals surface area contributed by atoms with E-state index in [0.29, 0.717) is 12.0 Å². The number of hydrogen-bond donors (Lipinski definition) is 2. The Kier molecular flexibility index (Phi) is 10.6. The molecule has 21 heavy (non-hydrogen) atoms. The SMILES string of the molecule is CCCNC(=NCC1CCCOC1C(C)(C)C)NCC.I. The zero-order valence-corrected chi connectivity index (χ0v) is 16.7. The predicted octanol–water partition coefficient (Wildman–Crippen LogP) is 3.41. The minimum atomic E-state index is 0. The Morgan fingerprint density at radius 2 is 1.95 bits per heavy atom. The maximum atomic E-state index is 6.02. The lowest BCUT2D eigenvalue weighted by Crippen LogP contribution is -2.42. The molecule has 5 heteroatoms. The molecule has 1 aliphatic rings. The number of guanidine groups is 1. The lowest BCUT2D eigenvalue weighted by atomic mass is 9.78. The highest BCUT2D eigenvalue weighted by atomic mass is 127. The van der Waals surface area contributed by atoms with Crippen molar-refractivity contribution < 1.29 is 4.74 Å². The zero-order chi connectivity index (χ0) is 15.0. The molecule has 0 spiro atoms. The maximum absolute atomic E-state index is 6.02. The minimum absolute atomic E-state index is 0. The zero-order valence-electron chi connectivity index (χ0n) is 14.4. The predicted molar refractivity (Wildman–Crippen MR) is 102 cm³/mol. The number of ether oxygens (including phenoxy) is 1. The van der Waals surface area contributed by atoms with Gasteiger partial charge in [0.05, 0.1) is 6.10 Å². The Morgan fingerprint density at radius 1 is 1.24 bits per heavy atom. The number of nitrogens with zero attached hydrogens (tertiary/aromatic N) is 1. The Bertz CT molecular complexity index is 302. The highest BCUT2D eigenvalue weighted by Gasteiger charge is 2.35. The van der Waals surface area contributed by atoms with Gasteiger partial charge in [0.25, 0.3) is 0 Å². The smallest absolute Gasteiger partial charge is 0.191 e. The highest BCUT2D eigenvalue weighted by Crippen LogP contribution is 2.34. The second-order valence-corrected chi connectivity index (χ2v) is 6.71. The Balaban J connectivity index is 0.00000400. The van der Waals surface area contributed by atoms with Gasteiger partial charge in [-0.25, -0.2) is 0 Å². The summed E-state index contributed by atoms with van der Waals surface area (Å²) in [6, 6.07) is 0. The largest absolute Gasteiger partial charge is 0.377 e. The first-order valence-electron chi connectivity index (χ1n) is 8.12. The van der Waals surface area contributed by atoms with Crippen molar-refractivity contribution >= 4 is 29.9 Å². The molecule has 0 aromatic heterocycles. The van der Waals surface area contributed by atoms with Gasteiger partial charge >= 0.3 is 0 Å². The topological polar surface area (TPSA) is 45.7 Å². The number of aliphatic imine (C=N–C) groups is 1. The van der Waals surface area contributed by atoms with E-state index < -0.39 is 0 Å². The summed E-state index contributed by atoms with van der Waals surface area (Å²) >= 11 is 0. The van der Waals surface area contributed by atoms with Crippen molar-refractivity contribution in [3.63, 3.8) is 0 Å². The first-order valence-corrected chi connectivity index (χ1v) is 8.12. The van der Waals surface area contributed by atoms with Crippen molar-refractivity contribution in [2.24, 2.45) is 16.3 Å². The van der Waals surface area contributed by atoms with Crippen LogP contribution in [0.15, 0.2) is 4.99 Å². The summed E-state index contributed by atoms with van der Waals surface area (Å²) in [7, 11) is 0. The van der Waals surface area contributed by atoms with Crippen LogP contribution >= 0.6 is 24.0 Å². The van der Waals surface area contributed by atoms with Crippen LogP contribution in [-0.4, -0.2) is 38.3 Å². The van der Waals surface area contributed by atoms with Crippen molar-refractivity contribution in [1.29, 1.82) is 0 Å². The third kappa shape index (κ3) is 7.68. The van der Waals surface area contributed by atoms with E-state index in [1.165, 1.54) is 6.42 Å². The van der Waals surface area contributed by atoms with Gasteiger partial charge in [0, 0.05) is 32.2 Å². The van der Waals surface area contributed by atoms with Gasteiger partial charge < -0.3 is 15.4 Å². The van der Waals surface area contributed by atoms with Crippen LogP contribution in [0.3, 0.4) is 0 Å². The summed E-state index contributed by atoms with van der Waals surface area (Å²) in [4.78, 5) is 4.75. The Labute approximate surface area is 147 Å². The van der Waals surface area contributed by atoms with Crippen LogP contribution in [0.2, 0.25) is 0 Å². The molecule has 0 amide bonds. The first kappa shape index (κ1) is 21.0. The third-order valence-corrected chi connectivity index (χ3v) is 3.67. The average Bonchev–Trinajstić information content (AvgIpc) is 2.41. The number of rotatable bonds is 5. The molecule has 1 saturated heterocycles. The molecule has 2 N–H and O–H groups in total. The number of halogens is 1. The summed E-state index contributed by atoms with van der Waals surface area (Å²) < 4.78 is 6.02. The van der Waals surface area contributed by atoms with Crippen LogP contribution in [0.1, 0.15) is 53.9 Å². The van der Waals surface area contributed by atoms with E-state index in [4.69, 9.17) is 9.73 Å².